The molecule has 4 rings (SSSR count). The van der Waals surface area contributed by atoms with Crippen LogP contribution < -0.4 is 19.1 Å². The Morgan fingerprint density at radius 3 is 2.27 bits per heavy atom. The van der Waals surface area contributed by atoms with Gasteiger partial charge in [-0.3, -0.25) is 14.5 Å². The Morgan fingerprint density at radius 1 is 0.867 bits per heavy atom. The van der Waals surface area contributed by atoms with Gasteiger partial charge in [-0.2, -0.15) is 0 Å². The molecule has 0 aromatic heterocycles. The molecule has 1 amide bonds. The molecular weight excluding hydrogens is 382 g/mol. The Kier molecular flexibility index (Phi) is 5.48. The summed E-state index contributed by atoms with van der Waals surface area (Å²) in [7, 11) is 4.66. The number of benzene rings is 2. The number of hydrogen-bond acceptors (Lipinski definition) is 5. The first-order chi connectivity index (χ1) is 14.6. The second-order valence-corrected chi connectivity index (χ2v) is 7.38. The number of amides is 1. The van der Waals surface area contributed by atoms with Crippen molar-refractivity contribution >= 4 is 17.4 Å². The van der Waals surface area contributed by atoms with Gasteiger partial charge in [0.05, 0.1) is 21.3 Å². The first kappa shape index (κ1) is 20.0. The zero-order valence-electron chi connectivity index (χ0n) is 17.4. The molecule has 0 fully saturated rings. The molecule has 156 valence electrons. The van der Waals surface area contributed by atoms with Gasteiger partial charge in [-0.15, -0.1) is 0 Å². The topological polar surface area (TPSA) is 65.1 Å². The Hall–Kier alpha value is -3.28. The van der Waals surface area contributed by atoms with Crippen LogP contribution in [-0.4, -0.2) is 33.0 Å². The number of ketones is 1. The van der Waals surface area contributed by atoms with Crippen LogP contribution >= 0.6 is 0 Å². The van der Waals surface area contributed by atoms with Gasteiger partial charge < -0.3 is 14.2 Å². The minimum Gasteiger partial charge on any atom is -0.493 e. The molecule has 1 atom stereocenters. The molecule has 1 heterocycles. The highest BCUT2D eigenvalue weighted by molar-refractivity contribution is 6.07. The van der Waals surface area contributed by atoms with Crippen molar-refractivity contribution in [2.24, 2.45) is 0 Å². The van der Waals surface area contributed by atoms with Crippen LogP contribution in [0.5, 0.6) is 17.2 Å². The summed E-state index contributed by atoms with van der Waals surface area (Å²) in [6.45, 7) is 0. The highest BCUT2D eigenvalue weighted by Crippen LogP contribution is 2.49. The maximum Gasteiger partial charge on any atom is 0.232 e. The minimum absolute atomic E-state index is 0.0310. The van der Waals surface area contributed by atoms with Crippen LogP contribution in [0.3, 0.4) is 0 Å². The predicted molar refractivity (Wildman–Crippen MR) is 113 cm³/mol. The SMILES string of the molecule is COc1ccc([C@H]2CC(=O)N(c3ccccc3)C3=C2C(=O)CCC3)c(OC)c1OC. The molecule has 6 nitrogen and oxygen atoms in total. The standard InChI is InChI=1S/C24H25NO5/c1-28-20-13-12-16(23(29-2)24(20)30-3)17-14-21(27)25(15-8-5-4-6-9-15)18-10-7-11-19(26)22(17)18/h4-6,8-9,12-13,17H,7,10-11,14H2,1-3H3/t17-/m1/s1. The molecule has 1 aliphatic heterocycles. The molecule has 0 N–H and O–H groups in total. The largest absolute Gasteiger partial charge is 0.493 e. The monoisotopic (exact) mass is 407 g/mol. The van der Waals surface area contributed by atoms with E-state index in [4.69, 9.17) is 14.2 Å². The van der Waals surface area contributed by atoms with Crippen molar-refractivity contribution in [3.63, 3.8) is 0 Å². The maximum absolute atomic E-state index is 13.3. The van der Waals surface area contributed by atoms with Gasteiger partial charge in [0.2, 0.25) is 11.7 Å². The molecule has 0 bridgehead atoms. The Labute approximate surface area is 176 Å². The third-order valence-corrected chi connectivity index (χ3v) is 5.80. The molecule has 0 unspecified atom stereocenters. The average molecular weight is 407 g/mol. The van der Waals surface area contributed by atoms with Crippen molar-refractivity contribution in [2.75, 3.05) is 26.2 Å². The fourth-order valence-electron chi connectivity index (χ4n) is 4.53. The highest BCUT2D eigenvalue weighted by atomic mass is 16.5. The molecule has 2 aromatic rings. The molecule has 30 heavy (non-hydrogen) atoms. The maximum atomic E-state index is 13.3. The van der Waals surface area contributed by atoms with Gasteiger partial charge in [-0.25, -0.2) is 0 Å². The molecule has 0 spiro atoms. The van der Waals surface area contributed by atoms with Gasteiger partial charge >= 0.3 is 0 Å². The molecule has 2 aromatic carbocycles. The lowest BCUT2D eigenvalue weighted by Crippen LogP contribution is -2.40. The summed E-state index contributed by atoms with van der Waals surface area (Å²) in [6.07, 6.45) is 2.10. The third kappa shape index (κ3) is 3.22. The molecule has 0 saturated heterocycles. The number of carbonyl (C=O) groups is 2. The number of Topliss-reactive ketones (excluding diaryl/α,β-unsaturated/α-hetero) is 1. The van der Waals surface area contributed by atoms with Crippen LogP contribution in [0.1, 0.15) is 37.2 Å². The summed E-state index contributed by atoms with van der Waals surface area (Å²) >= 11 is 0. The number of anilines is 1. The number of para-hydroxylation sites is 1. The lowest BCUT2D eigenvalue weighted by Gasteiger charge is -2.38. The van der Waals surface area contributed by atoms with Gasteiger partial charge in [0.25, 0.3) is 0 Å². The van der Waals surface area contributed by atoms with E-state index in [1.165, 1.54) is 0 Å². The van der Waals surface area contributed by atoms with Crippen molar-refractivity contribution in [1.82, 2.24) is 0 Å². The summed E-state index contributed by atoms with van der Waals surface area (Å²) in [5.74, 6) is 1.17. The lowest BCUT2D eigenvalue weighted by molar-refractivity contribution is -0.119. The van der Waals surface area contributed by atoms with E-state index in [9.17, 15) is 9.59 Å². The summed E-state index contributed by atoms with van der Waals surface area (Å²) in [6, 6.07) is 13.2. The number of allylic oxidation sites excluding steroid dienone is 2. The van der Waals surface area contributed by atoms with E-state index in [0.29, 0.717) is 35.7 Å². The predicted octanol–water partition coefficient (Wildman–Crippen LogP) is 4.24. The fraction of sp³-hybridized carbons (Fsp3) is 0.333. The highest BCUT2D eigenvalue weighted by Gasteiger charge is 2.41. The smallest absolute Gasteiger partial charge is 0.232 e. The van der Waals surface area contributed by atoms with Crippen LogP contribution in [0.25, 0.3) is 0 Å². The lowest BCUT2D eigenvalue weighted by atomic mass is 9.76. The zero-order valence-corrected chi connectivity index (χ0v) is 17.4. The van der Waals surface area contributed by atoms with Gasteiger partial charge in [0.1, 0.15) is 0 Å². The second kappa shape index (κ2) is 8.22. The molecule has 1 aliphatic carbocycles. The number of methoxy groups -OCH3 is 3. The fourth-order valence-corrected chi connectivity index (χ4v) is 4.53. The molecule has 2 aliphatic rings. The summed E-state index contributed by atoms with van der Waals surface area (Å²) in [4.78, 5) is 28.1. The third-order valence-electron chi connectivity index (χ3n) is 5.80. The van der Waals surface area contributed by atoms with Crippen LogP contribution in [0.4, 0.5) is 5.69 Å². The molecule has 0 radical (unpaired) electrons. The number of hydrogen-bond donors (Lipinski definition) is 0. The zero-order chi connectivity index (χ0) is 21.3. The van der Waals surface area contributed by atoms with Crippen molar-refractivity contribution in [1.29, 1.82) is 0 Å². The minimum atomic E-state index is -0.380. The van der Waals surface area contributed by atoms with Gasteiger partial charge in [-0.05, 0) is 31.0 Å². The van der Waals surface area contributed by atoms with Crippen molar-refractivity contribution in [3.8, 4) is 17.2 Å². The van der Waals surface area contributed by atoms with Gasteiger partial charge in [-0.1, -0.05) is 24.3 Å². The van der Waals surface area contributed by atoms with Crippen molar-refractivity contribution in [3.05, 3.63) is 59.3 Å². The summed E-state index contributed by atoms with van der Waals surface area (Å²) in [5, 5.41) is 0. The first-order valence-corrected chi connectivity index (χ1v) is 10.0. The summed E-state index contributed by atoms with van der Waals surface area (Å²) in [5.41, 5.74) is 3.06. The molecule has 6 heteroatoms. The number of ether oxygens (including phenoxy) is 3. The van der Waals surface area contributed by atoms with E-state index in [1.807, 2.05) is 36.4 Å². The van der Waals surface area contributed by atoms with E-state index in [1.54, 1.807) is 32.3 Å². The number of rotatable bonds is 5. The Bertz CT molecular complexity index is 1010. The average Bonchev–Trinajstić information content (AvgIpc) is 2.78. The van der Waals surface area contributed by atoms with E-state index in [0.717, 1.165) is 23.4 Å². The first-order valence-electron chi connectivity index (χ1n) is 10.0. The second-order valence-electron chi connectivity index (χ2n) is 7.38. The number of carbonyl (C=O) groups excluding carboxylic acids is 2. The van der Waals surface area contributed by atoms with Crippen molar-refractivity contribution in [2.45, 2.75) is 31.6 Å². The van der Waals surface area contributed by atoms with Crippen LogP contribution in [-0.2, 0) is 9.59 Å². The van der Waals surface area contributed by atoms with Crippen LogP contribution in [0.2, 0.25) is 0 Å². The summed E-state index contributed by atoms with van der Waals surface area (Å²) < 4.78 is 16.6. The molecular formula is C24H25NO5. The van der Waals surface area contributed by atoms with E-state index in [-0.39, 0.29) is 24.0 Å². The van der Waals surface area contributed by atoms with Gasteiger partial charge in [0.15, 0.2) is 17.3 Å². The van der Waals surface area contributed by atoms with Crippen LogP contribution in [0, 0.1) is 0 Å². The number of nitrogens with zero attached hydrogens (tertiary/aromatic N) is 1. The quantitative estimate of drug-likeness (QED) is 0.742. The van der Waals surface area contributed by atoms with Gasteiger partial charge in [0, 0.05) is 41.3 Å². The Morgan fingerprint density at radius 2 is 1.60 bits per heavy atom. The van der Waals surface area contributed by atoms with E-state index in [2.05, 4.69) is 0 Å². The molecule has 0 saturated carbocycles. The van der Waals surface area contributed by atoms with E-state index < -0.39 is 0 Å². The van der Waals surface area contributed by atoms with Crippen molar-refractivity contribution < 1.29 is 23.8 Å². The van der Waals surface area contributed by atoms with Crippen LogP contribution in [0.15, 0.2) is 53.7 Å². The Balaban J connectivity index is 1.90. The normalized spacial score (nSPS) is 18.9. The van der Waals surface area contributed by atoms with E-state index >= 15 is 0 Å².